The molecule has 0 spiro atoms. The molecule has 166 valence electrons. The molecule has 0 atom stereocenters. The predicted octanol–water partition coefficient (Wildman–Crippen LogP) is 1.57. The summed E-state index contributed by atoms with van der Waals surface area (Å²) in [5.74, 6) is -1.46. The Balaban J connectivity index is 1.35. The number of benzene rings is 2. The summed E-state index contributed by atoms with van der Waals surface area (Å²) >= 11 is 0. The molecular formula is C23H24N4O5. The smallest absolute Gasteiger partial charge is 0.261 e. The van der Waals surface area contributed by atoms with Crippen LogP contribution in [0.5, 0.6) is 0 Å². The Bertz CT molecular complexity index is 1030. The van der Waals surface area contributed by atoms with Crippen molar-refractivity contribution >= 4 is 35.2 Å². The normalized spacial score (nSPS) is 12.3. The largest absolute Gasteiger partial charge is 0.354 e. The Morgan fingerprint density at radius 1 is 0.875 bits per heavy atom. The molecule has 1 aliphatic heterocycles. The number of fused-ring (bicyclic) bond motifs is 1. The van der Waals surface area contributed by atoms with Crippen LogP contribution in [-0.2, 0) is 9.59 Å². The molecule has 0 saturated carbocycles. The lowest BCUT2D eigenvalue weighted by molar-refractivity contribution is -0.121. The lowest BCUT2D eigenvalue weighted by Gasteiger charge is -2.13. The van der Waals surface area contributed by atoms with Gasteiger partial charge in [-0.3, -0.25) is 28.9 Å². The Kier molecular flexibility index (Phi) is 7.33. The fourth-order valence-corrected chi connectivity index (χ4v) is 3.35. The van der Waals surface area contributed by atoms with Crippen molar-refractivity contribution in [3.05, 3.63) is 65.2 Å². The molecule has 9 heteroatoms. The minimum atomic E-state index is -0.337. The van der Waals surface area contributed by atoms with E-state index in [1.165, 1.54) is 6.92 Å². The number of nitrogens with one attached hydrogen (secondary N) is 3. The molecule has 2 aromatic carbocycles. The van der Waals surface area contributed by atoms with Crippen molar-refractivity contribution in [2.24, 2.45) is 0 Å². The van der Waals surface area contributed by atoms with Gasteiger partial charge in [0.2, 0.25) is 11.8 Å². The Morgan fingerprint density at radius 3 is 2.19 bits per heavy atom. The second kappa shape index (κ2) is 10.3. The third-order valence-corrected chi connectivity index (χ3v) is 4.84. The van der Waals surface area contributed by atoms with Gasteiger partial charge in [0.25, 0.3) is 17.7 Å². The van der Waals surface area contributed by atoms with Crippen LogP contribution in [0, 0.1) is 0 Å². The van der Waals surface area contributed by atoms with Gasteiger partial charge in [-0.05, 0) is 36.8 Å². The van der Waals surface area contributed by atoms with E-state index in [1.807, 2.05) is 0 Å². The third-order valence-electron chi connectivity index (χ3n) is 4.84. The highest BCUT2D eigenvalue weighted by atomic mass is 16.2. The maximum absolute atomic E-state index is 12.3. The summed E-state index contributed by atoms with van der Waals surface area (Å²) in [7, 11) is 0. The monoisotopic (exact) mass is 436 g/mol. The van der Waals surface area contributed by atoms with Crippen LogP contribution in [0.25, 0.3) is 0 Å². The van der Waals surface area contributed by atoms with Crippen LogP contribution in [0.4, 0.5) is 5.69 Å². The van der Waals surface area contributed by atoms with E-state index >= 15 is 0 Å². The van der Waals surface area contributed by atoms with Crippen molar-refractivity contribution in [3.8, 4) is 0 Å². The molecule has 3 N–H and O–H groups in total. The predicted molar refractivity (Wildman–Crippen MR) is 117 cm³/mol. The van der Waals surface area contributed by atoms with Gasteiger partial charge in [-0.25, -0.2) is 0 Å². The average Bonchev–Trinajstić information content (AvgIpc) is 3.01. The van der Waals surface area contributed by atoms with Crippen LogP contribution in [0.1, 0.15) is 50.8 Å². The van der Waals surface area contributed by atoms with E-state index in [0.29, 0.717) is 28.8 Å². The van der Waals surface area contributed by atoms with Crippen LogP contribution >= 0.6 is 0 Å². The number of rotatable bonds is 9. The first kappa shape index (κ1) is 22.7. The van der Waals surface area contributed by atoms with Gasteiger partial charge in [-0.1, -0.05) is 18.2 Å². The van der Waals surface area contributed by atoms with E-state index in [0.717, 1.165) is 4.90 Å². The zero-order chi connectivity index (χ0) is 23.1. The van der Waals surface area contributed by atoms with E-state index in [-0.39, 0.29) is 55.6 Å². The van der Waals surface area contributed by atoms with E-state index in [2.05, 4.69) is 16.0 Å². The molecule has 0 unspecified atom stereocenters. The second-order valence-corrected chi connectivity index (χ2v) is 7.28. The highest BCUT2D eigenvalue weighted by Crippen LogP contribution is 2.22. The van der Waals surface area contributed by atoms with E-state index in [4.69, 9.17) is 0 Å². The number of hydrogen-bond donors (Lipinski definition) is 3. The van der Waals surface area contributed by atoms with Crippen LogP contribution in [0.3, 0.4) is 0 Å². The molecule has 1 aliphatic rings. The van der Waals surface area contributed by atoms with Crippen LogP contribution in [-0.4, -0.2) is 54.1 Å². The topological polar surface area (TPSA) is 125 Å². The quantitative estimate of drug-likeness (QED) is 0.407. The SMILES string of the molecule is CC(=O)Nc1cccc(C(=O)NCCNC(=O)CCCN2C(=O)c3ccccc3C2=O)c1. The lowest BCUT2D eigenvalue weighted by Crippen LogP contribution is -2.35. The molecule has 3 rings (SSSR count). The number of nitrogens with zero attached hydrogens (tertiary/aromatic N) is 1. The molecule has 9 nitrogen and oxygen atoms in total. The minimum Gasteiger partial charge on any atom is -0.354 e. The molecule has 5 amide bonds. The van der Waals surface area contributed by atoms with Crippen molar-refractivity contribution in [2.75, 3.05) is 25.0 Å². The number of carbonyl (C=O) groups excluding carboxylic acids is 5. The van der Waals surface area contributed by atoms with Crippen molar-refractivity contribution in [1.29, 1.82) is 0 Å². The second-order valence-electron chi connectivity index (χ2n) is 7.28. The summed E-state index contributed by atoms with van der Waals surface area (Å²) in [6, 6.07) is 13.2. The summed E-state index contributed by atoms with van der Waals surface area (Å²) in [5, 5.41) is 8.00. The van der Waals surface area contributed by atoms with Gasteiger partial charge in [-0.15, -0.1) is 0 Å². The maximum atomic E-state index is 12.3. The van der Waals surface area contributed by atoms with Crippen molar-refractivity contribution < 1.29 is 24.0 Å². The molecular weight excluding hydrogens is 412 g/mol. The first-order valence-corrected chi connectivity index (χ1v) is 10.2. The zero-order valence-electron chi connectivity index (χ0n) is 17.6. The van der Waals surface area contributed by atoms with Crippen molar-refractivity contribution in [3.63, 3.8) is 0 Å². The lowest BCUT2D eigenvalue weighted by atomic mass is 10.1. The standard InChI is InChI=1S/C23H24N4O5/c1-15(28)26-17-7-4-6-16(14-17)21(30)25-12-11-24-20(29)10-5-13-27-22(31)18-8-2-3-9-19(18)23(27)32/h2-4,6-9,14H,5,10-13H2,1H3,(H,24,29)(H,25,30)(H,26,28). The highest BCUT2D eigenvalue weighted by molar-refractivity contribution is 6.21. The van der Waals surface area contributed by atoms with Gasteiger partial charge in [0.15, 0.2) is 0 Å². The molecule has 0 aliphatic carbocycles. The van der Waals surface area contributed by atoms with E-state index in [9.17, 15) is 24.0 Å². The van der Waals surface area contributed by atoms with Crippen molar-refractivity contribution in [1.82, 2.24) is 15.5 Å². The van der Waals surface area contributed by atoms with Crippen LogP contribution < -0.4 is 16.0 Å². The first-order chi connectivity index (χ1) is 15.4. The molecule has 0 saturated heterocycles. The molecule has 1 heterocycles. The molecule has 0 bridgehead atoms. The van der Waals surface area contributed by atoms with Crippen LogP contribution in [0.2, 0.25) is 0 Å². The zero-order valence-corrected chi connectivity index (χ0v) is 17.6. The van der Waals surface area contributed by atoms with Gasteiger partial charge in [0.05, 0.1) is 11.1 Å². The number of hydrogen-bond acceptors (Lipinski definition) is 5. The number of anilines is 1. The van der Waals surface area contributed by atoms with Gasteiger partial charge < -0.3 is 16.0 Å². The molecule has 0 aromatic heterocycles. The maximum Gasteiger partial charge on any atom is 0.261 e. The van der Waals surface area contributed by atoms with Gasteiger partial charge in [-0.2, -0.15) is 0 Å². The Morgan fingerprint density at radius 2 is 1.53 bits per heavy atom. The van der Waals surface area contributed by atoms with Gasteiger partial charge in [0, 0.05) is 44.2 Å². The molecule has 2 aromatic rings. The average molecular weight is 436 g/mol. The summed E-state index contributed by atoms with van der Waals surface area (Å²) in [6.45, 7) is 2.02. The number of imide groups is 1. The van der Waals surface area contributed by atoms with Gasteiger partial charge >= 0.3 is 0 Å². The molecule has 32 heavy (non-hydrogen) atoms. The fraction of sp³-hybridized carbons (Fsp3) is 0.261. The fourth-order valence-electron chi connectivity index (χ4n) is 3.35. The number of carbonyl (C=O) groups is 5. The first-order valence-electron chi connectivity index (χ1n) is 10.2. The molecule has 0 fully saturated rings. The van der Waals surface area contributed by atoms with Crippen molar-refractivity contribution in [2.45, 2.75) is 19.8 Å². The molecule has 0 radical (unpaired) electrons. The summed E-state index contributed by atoms with van der Waals surface area (Å²) in [5.41, 5.74) is 1.70. The minimum absolute atomic E-state index is 0.153. The highest BCUT2D eigenvalue weighted by Gasteiger charge is 2.34. The van der Waals surface area contributed by atoms with Crippen LogP contribution in [0.15, 0.2) is 48.5 Å². The summed E-state index contributed by atoms with van der Waals surface area (Å²) < 4.78 is 0. The summed E-state index contributed by atoms with van der Waals surface area (Å²) in [4.78, 5) is 61.1. The Labute approximate surface area is 185 Å². The number of amides is 5. The Hall–Kier alpha value is -4.01. The van der Waals surface area contributed by atoms with Gasteiger partial charge in [0.1, 0.15) is 0 Å². The van der Waals surface area contributed by atoms with E-state index < -0.39 is 0 Å². The van der Waals surface area contributed by atoms with E-state index in [1.54, 1.807) is 48.5 Å². The third kappa shape index (κ3) is 5.57. The summed E-state index contributed by atoms with van der Waals surface area (Å²) in [6.07, 6.45) is 0.500.